The van der Waals surface area contributed by atoms with Crippen molar-refractivity contribution in [3.05, 3.63) is 35.1 Å². The molecule has 0 aliphatic heterocycles. The maximum Gasteiger partial charge on any atom is 0.374 e. The summed E-state index contributed by atoms with van der Waals surface area (Å²) in [6.07, 6.45) is -0.665. The molecule has 0 heterocycles. The van der Waals surface area contributed by atoms with Crippen molar-refractivity contribution < 1.29 is 27.5 Å². The Bertz CT molecular complexity index is 458. The molecule has 1 rings (SSSR count). The lowest BCUT2D eigenvalue weighted by atomic mass is 10.1. The van der Waals surface area contributed by atoms with Gasteiger partial charge in [-0.2, -0.15) is 0 Å². The number of ketones is 1. The van der Waals surface area contributed by atoms with Crippen LogP contribution >= 0.6 is 0 Å². The molecule has 3 nitrogen and oxygen atoms in total. The van der Waals surface area contributed by atoms with Crippen LogP contribution in [-0.2, 0) is 20.7 Å². The summed E-state index contributed by atoms with van der Waals surface area (Å²) >= 11 is 0. The Morgan fingerprint density at radius 1 is 1.12 bits per heavy atom. The Kier molecular flexibility index (Phi) is 4.25. The summed E-state index contributed by atoms with van der Waals surface area (Å²) < 4.78 is 42.9. The van der Waals surface area contributed by atoms with Gasteiger partial charge in [0.2, 0.25) is 5.78 Å². The number of carbonyl (C=O) groups excluding carboxylic acids is 2. The van der Waals surface area contributed by atoms with Crippen molar-refractivity contribution >= 4 is 11.8 Å². The van der Waals surface area contributed by atoms with E-state index < -0.39 is 35.6 Å². The molecule has 0 N–H and O–H groups in total. The smallest absolute Gasteiger partial charge is 0.374 e. The van der Waals surface area contributed by atoms with Crippen molar-refractivity contribution in [1.82, 2.24) is 0 Å². The SMILES string of the molecule is CCOC(=O)C(=O)Cc1cc(F)c(F)cc1F. The minimum Gasteiger partial charge on any atom is -0.460 e. The second kappa shape index (κ2) is 5.47. The quantitative estimate of drug-likeness (QED) is 0.462. The molecule has 92 valence electrons. The van der Waals surface area contributed by atoms with Gasteiger partial charge in [0.25, 0.3) is 0 Å². The van der Waals surface area contributed by atoms with Crippen molar-refractivity contribution in [2.24, 2.45) is 0 Å². The monoisotopic (exact) mass is 246 g/mol. The first-order chi connectivity index (χ1) is 7.95. The lowest BCUT2D eigenvalue weighted by Crippen LogP contribution is -2.20. The van der Waals surface area contributed by atoms with Crippen LogP contribution in [0.15, 0.2) is 12.1 Å². The molecule has 0 aliphatic carbocycles. The van der Waals surface area contributed by atoms with E-state index in [1.165, 1.54) is 6.92 Å². The lowest BCUT2D eigenvalue weighted by molar-refractivity contribution is -0.153. The van der Waals surface area contributed by atoms with Gasteiger partial charge in [-0.25, -0.2) is 18.0 Å². The molecular formula is C11H9F3O3. The van der Waals surface area contributed by atoms with Crippen molar-refractivity contribution in [2.75, 3.05) is 6.61 Å². The first-order valence-electron chi connectivity index (χ1n) is 4.79. The van der Waals surface area contributed by atoms with Crippen molar-refractivity contribution in [2.45, 2.75) is 13.3 Å². The second-order valence-electron chi connectivity index (χ2n) is 3.18. The molecule has 0 fully saturated rings. The van der Waals surface area contributed by atoms with Crippen LogP contribution in [-0.4, -0.2) is 18.4 Å². The van der Waals surface area contributed by atoms with Gasteiger partial charge >= 0.3 is 5.97 Å². The van der Waals surface area contributed by atoms with E-state index in [9.17, 15) is 22.8 Å². The van der Waals surface area contributed by atoms with Crippen molar-refractivity contribution in [3.8, 4) is 0 Å². The highest BCUT2D eigenvalue weighted by Gasteiger charge is 2.19. The molecule has 1 aromatic rings. The minimum absolute atomic E-state index is 0.00480. The molecule has 0 bridgehead atoms. The van der Waals surface area contributed by atoms with Crippen LogP contribution in [0.25, 0.3) is 0 Å². The van der Waals surface area contributed by atoms with E-state index in [1.807, 2.05) is 0 Å². The zero-order valence-electron chi connectivity index (χ0n) is 8.93. The molecule has 1 aromatic carbocycles. The van der Waals surface area contributed by atoms with Gasteiger partial charge in [0.15, 0.2) is 11.6 Å². The largest absolute Gasteiger partial charge is 0.460 e. The highest BCUT2D eigenvalue weighted by Crippen LogP contribution is 2.14. The standard InChI is InChI=1S/C11H9F3O3/c1-2-17-11(16)10(15)4-6-3-8(13)9(14)5-7(6)12/h3,5H,2,4H2,1H3. The summed E-state index contributed by atoms with van der Waals surface area (Å²) in [5, 5.41) is 0. The van der Waals surface area contributed by atoms with E-state index in [0.717, 1.165) is 0 Å². The molecule has 0 unspecified atom stereocenters. The number of hydrogen-bond acceptors (Lipinski definition) is 3. The number of Topliss-reactive ketones (excluding diaryl/α,β-unsaturated/α-hetero) is 1. The zero-order chi connectivity index (χ0) is 13.0. The van der Waals surface area contributed by atoms with Crippen LogP contribution in [0.3, 0.4) is 0 Å². The summed E-state index contributed by atoms with van der Waals surface area (Å²) in [6.45, 7) is 1.51. The Morgan fingerprint density at radius 2 is 1.71 bits per heavy atom. The molecule has 0 atom stereocenters. The fourth-order valence-electron chi connectivity index (χ4n) is 1.16. The molecule has 17 heavy (non-hydrogen) atoms. The van der Waals surface area contributed by atoms with Gasteiger partial charge in [-0.05, 0) is 18.6 Å². The van der Waals surface area contributed by atoms with Crippen molar-refractivity contribution in [1.29, 1.82) is 0 Å². The van der Waals surface area contributed by atoms with Gasteiger partial charge in [0, 0.05) is 12.5 Å². The van der Waals surface area contributed by atoms with E-state index in [4.69, 9.17) is 0 Å². The van der Waals surface area contributed by atoms with Gasteiger partial charge < -0.3 is 4.74 Å². The highest BCUT2D eigenvalue weighted by molar-refractivity contribution is 6.34. The van der Waals surface area contributed by atoms with Gasteiger partial charge in [-0.15, -0.1) is 0 Å². The lowest BCUT2D eigenvalue weighted by Gasteiger charge is -2.03. The Labute approximate surface area is 95.2 Å². The highest BCUT2D eigenvalue weighted by atomic mass is 19.2. The predicted octanol–water partition coefficient (Wildman–Crippen LogP) is 1.78. The Balaban J connectivity index is 2.85. The maximum atomic E-state index is 13.1. The minimum atomic E-state index is -1.35. The van der Waals surface area contributed by atoms with Crippen LogP contribution < -0.4 is 0 Å². The molecular weight excluding hydrogens is 237 g/mol. The van der Waals surface area contributed by atoms with Crippen LogP contribution in [0.1, 0.15) is 12.5 Å². The molecule has 6 heteroatoms. The second-order valence-corrected chi connectivity index (χ2v) is 3.18. The fraction of sp³-hybridized carbons (Fsp3) is 0.273. The van der Waals surface area contributed by atoms with E-state index >= 15 is 0 Å². The van der Waals surface area contributed by atoms with Crippen LogP contribution in [0.4, 0.5) is 13.2 Å². The first kappa shape index (κ1) is 13.2. The third-order valence-corrected chi connectivity index (χ3v) is 1.94. The number of rotatable bonds is 4. The summed E-state index contributed by atoms with van der Waals surface area (Å²) in [6, 6.07) is 0.866. The number of halogens is 3. The third-order valence-electron chi connectivity index (χ3n) is 1.94. The molecule has 0 amide bonds. The predicted molar refractivity (Wildman–Crippen MR) is 51.7 cm³/mol. The van der Waals surface area contributed by atoms with E-state index in [1.54, 1.807) is 0 Å². The van der Waals surface area contributed by atoms with Gasteiger partial charge in [0.05, 0.1) is 6.61 Å². The Morgan fingerprint density at radius 3 is 2.29 bits per heavy atom. The number of hydrogen-bond donors (Lipinski definition) is 0. The number of esters is 1. The van der Waals surface area contributed by atoms with Crippen LogP contribution in [0, 0.1) is 17.5 Å². The van der Waals surface area contributed by atoms with Crippen molar-refractivity contribution in [3.63, 3.8) is 0 Å². The number of ether oxygens (including phenoxy) is 1. The van der Waals surface area contributed by atoms with Gasteiger partial charge in [-0.1, -0.05) is 0 Å². The summed E-state index contributed by atoms with van der Waals surface area (Å²) in [7, 11) is 0. The van der Waals surface area contributed by atoms with E-state index in [2.05, 4.69) is 4.74 Å². The van der Waals surface area contributed by atoms with Gasteiger partial charge in [-0.3, -0.25) is 4.79 Å². The third kappa shape index (κ3) is 3.30. The Hall–Kier alpha value is -1.85. The molecule has 0 aliphatic rings. The van der Waals surface area contributed by atoms with Crippen LogP contribution in [0.5, 0.6) is 0 Å². The normalized spacial score (nSPS) is 10.1. The van der Waals surface area contributed by atoms with Crippen LogP contribution in [0.2, 0.25) is 0 Å². The maximum absolute atomic E-state index is 13.1. The summed E-state index contributed by atoms with van der Waals surface area (Å²) in [5.41, 5.74) is -0.387. The molecule has 0 saturated carbocycles. The molecule has 0 spiro atoms. The average Bonchev–Trinajstić information content (AvgIpc) is 2.26. The average molecular weight is 246 g/mol. The molecule has 0 aromatic heterocycles. The summed E-state index contributed by atoms with van der Waals surface area (Å²) in [4.78, 5) is 22.1. The fourth-order valence-corrected chi connectivity index (χ4v) is 1.16. The summed E-state index contributed by atoms with van der Waals surface area (Å²) in [5.74, 6) is -5.86. The van der Waals surface area contributed by atoms with E-state index in [-0.39, 0.29) is 12.2 Å². The van der Waals surface area contributed by atoms with E-state index in [0.29, 0.717) is 12.1 Å². The molecule has 0 saturated heterocycles. The van der Waals surface area contributed by atoms with Gasteiger partial charge in [0.1, 0.15) is 5.82 Å². The first-order valence-corrected chi connectivity index (χ1v) is 4.79. The topological polar surface area (TPSA) is 43.4 Å². The molecule has 0 radical (unpaired) electrons. The number of carbonyl (C=O) groups is 2. The zero-order valence-corrected chi connectivity index (χ0v) is 8.93. The number of benzene rings is 1.